The molecule has 2 amide bonds. The molecule has 0 bridgehead atoms. The number of halogens is 1. The van der Waals surface area contributed by atoms with E-state index in [0.29, 0.717) is 24.0 Å². The maximum atomic E-state index is 12.9. The molecule has 0 spiro atoms. The third-order valence-electron chi connectivity index (χ3n) is 5.46. The van der Waals surface area contributed by atoms with Crippen molar-refractivity contribution in [3.8, 4) is 11.1 Å². The number of H-pyrrole nitrogens is 1. The Hall–Kier alpha value is -3.16. The monoisotopic (exact) mass is 467 g/mol. The quantitative estimate of drug-likeness (QED) is 0.576. The predicted molar refractivity (Wildman–Crippen MR) is 127 cm³/mol. The van der Waals surface area contributed by atoms with Crippen LogP contribution in [0, 0.1) is 0 Å². The minimum Gasteiger partial charge on any atom is -0.335 e. The van der Waals surface area contributed by atoms with Gasteiger partial charge in [0, 0.05) is 42.9 Å². The molecule has 164 valence electrons. The summed E-state index contributed by atoms with van der Waals surface area (Å²) in [5.41, 5.74) is 2.78. The Morgan fingerprint density at radius 2 is 1.84 bits per heavy atom. The maximum Gasteiger partial charge on any atom is 0.247 e. The number of carbonyl (C=O) groups is 2. The third kappa shape index (κ3) is 5.00. The minimum absolute atomic E-state index is 0.0677. The summed E-state index contributed by atoms with van der Waals surface area (Å²) in [5, 5.41) is 0. The van der Waals surface area contributed by atoms with Crippen LogP contribution in [0.25, 0.3) is 17.2 Å². The fraction of sp³-hybridized carbons (Fsp3) is 0.208. The molecule has 1 atom stereocenters. The van der Waals surface area contributed by atoms with E-state index in [1.165, 1.54) is 23.5 Å². The standard InChI is InChI=1S/C24H22ClN3O3S/c1-16-24(31)27(12-13-28(16)23(30)11-8-20-7-9-21(25)32-20)15-17-2-4-18(5-3-17)19-6-10-22(29)26-14-19/h2-11,14,16H,12-13,15H2,1H3,(H,26,29)/b11-8+/t16-/m0/s1. The number of benzene rings is 1. The molecule has 3 heterocycles. The van der Waals surface area contributed by atoms with Crippen LogP contribution >= 0.6 is 22.9 Å². The molecule has 32 heavy (non-hydrogen) atoms. The Kier molecular flexibility index (Phi) is 6.58. The fourth-order valence-electron chi connectivity index (χ4n) is 3.67. The van der Waals surface area contributed by atoms with Gasteiger partial charge in [0.05, 0.1) is 4.34 Å². The molecule has 3 aromatic rings. The van der Waals surface area contributed by atoms with Gasteiger partial charge in [-0.05, 0) is 47.9 Å². The Morgan fingerprint density at radius 1 is 1.09 bits per heavy atom. The van der Waals surface area contributed by atoms with Gasteiger partial charge < -0.3 is 14.8 Å². The van der Waals surface area contributed by atoms with Gasteiger partial charge >= 0.3 is 0 Å². The lowest BCUT2D eigenvalue weighted by Crippen LogP contribution is -2.56. The summed E-state index contributed by atoms with van der Waals surface area (Å²) >= 11 is 7.32. The summed E-state index contributed by atoms with van der Waals surface area (Å²) in [7, 11) is 0. The zero-order valence-electron chi connectivity index (χ0n) is 17.5. The van der Waals surface area contributed by atoms with Crippen molar-refractivity contribution in [1.82, 2.24) is 14.8 Å². The molecule has 1 aliphatic heterocycles. The number of aromatic nitrogens is 1. The fourth-order valence-corrected chi connectivity index (χ4v) is 4.63. The number of carbonyl (C=O) groups excluding carboxylic acids is 2. The average molecular weight is 468 g/mol. The van der Waals surface area contributed by atoms with Crippen LogP contribution in [-0.4, -0.2) is 45.7 Å². The molecule has 0 unspecified atom stereocenters. The summed E-state index contributed by atoms with van der Waals surface area (Å²) in [4.78, 5) is 43.7. The maximum absolute atomic E-state index is 12.9. The number of thiophene rings is 1. The first kappa shape index (κ1) is 22.0. The molecule has 2 aromatic heterocycles. The van der Waals surface area contributed by atoms with Gasteiger partial charge in [-0.15, -0.1) is 11.3 Å². The second kappa shape index (κ2) is 9.54. The van der Waals surface area contributed by atoms with E-state index in [4.69, 9.17) is 11.6 Å². The second-order valence-electron chi connectivity index (χ2n) is 7.58. The Morgan fingerprint density at radius 3 is 2.50 bits per heavy atom. The lowest BCUT2D eigenvalue weighted by atomic mass is 10.0. The van der Waals surface area contributed by atoms with Crippen LogP contribution in [-0.2, 0) is 16.1 Å². The number of pyridine rings is 1. The number of amides is 2. The number of nitrogens with zero attached hydrogens (tertiary/aromatic N) is 2. The van der Waals surface area contributed by atoms with Gasteiger partial charge in [0.15, 0.2) is 0 Å². The van der Waals surface area contributed by atoms with Gasteiger partial charge in [-0.1, -0.05) is 35.9 Å². The molecule has 0 saturated carbocycles. The number of rotatable bonds is 5. The molecule has 4 rings (SSSR count). The predicted octanol–water partition coefficient (Wildman–Crippen LogP) is 4.03. The molecule has 1 aromatic carbocycles. The van der Waals surface area contributed by atoms with Crippen molar-refractivity contribution in [2.24, 2.45) is 0 Å². The second-order valence-corrected chi connectivity index (χ2v) is 9.33. The summed E-state index contributed by atoms with van der Waals surface area (Å²) in [6, 6.07) is 14.3. The SMILES string of the molecule is C[C@H]1C(=O)N(Cc2ccc(-c3ccc(=O)[nH]c3)cc2)CCN1C(=O)/C=C/c1ccc(Cl)s1. The molecule has 0 aliphatic carbocycles. The highest BCUT2D eigenvalue weighted by Gasteiger charge is 2.33. The highest BCUT2D eigenvalue weighted by atomic mass is 35.5. The van der Waals surface area contributed by atoms with Crippen LogP contribution in [0.2, 0.25) is 4.34 Å². The number of hydrogen-bond acceptors (Lipinski definition) is 4. The number of aromatic amines is 1. The van der Waals surface area contributed by atoms with E-state index in [-0.39, 0.29) is 17.4 Å². The summed E-state index contributed by atoms with van der Waals surface area (Å²) in [6.45, 7) is 3.22. The van der Waals surface area contributed by atoms with Crippen LogP contribution in [0.4, 0.5) is 0 Å². The molecular formula is C24H22ClN3O3S. The van der Waals surface area contributed by atoms with Crippen molar-refractivity contribution in [3.63, 3.8) is 0 Å². The van der Waals surface area contributed by atoms with Gasteiger partial charge in [0.1, 0.15) is 6.04 Å². The Labute approximate surface area is 194 Å². The van der Waals surface area contributed by atoms with Crippen LogP contribution in [0.1, 0.15) is 17.4 Å². The van der Waals surface area contributed by atoms with Gasteiger partial charge in [-0.25, -0.2) is 0 Å². The van der Waals surface area contributed by atoms with E-state index in [9.17, 15) is 14.4 Å². The average Bonchev–Trinajstić information content (AvgIpc) is 3.21. The normalized spacial score (nSPS) is 16.7. The van der Waals surface area contributed by atoms with Gasteiger partial charge in [0.25, 0.3) is 0 Å². The minimum atomic E-state index is -0.520. The topological polar surface area (TPSA) is 73.5 Å². The van der Waals surface area contributed by atoms with E-state index in [2.05, 4.69) is 4.98 Å². The van der Waals surface area contributed by atoms with E-state index in [0.717, 1.165) is 21.6 Å². The van der Waals surface area contributed by atoms with E-state index >= 15 is 0 Å². The van der Waals surface area contributed by atoms with Gasteiger partial charge in [-0.2, -0.15) is 0 Å². The Bertz CT molecular complexity index is 1200. The number of hydrogen-bond donors (Lipinski definition) is 1. The molecule has 6 nitrogen and oxygen atoms in total. The van der Waals surface area contributed by atoms with Crippen molar-refractivity contribution >= 4 is 40.8 Å². The van der Waals surface area contributed by atoms with E-state index in [1.807, 2.05) is 30.3 Å². The lowest BCUT2D eigenvalue weighted by molar-refractivity contribution is -0.148. The zero-order valence-corrected chi connectivity index (χ0v) is 19.0. The van der Waals surface area contributed by atoms with Crippen molar-refractivity contribution in [2.75, 3.05) is 13.1 Å². The largest absolute Gasteiger partial charge is 0.335 e. The van der Waals surface area contributed by atoms with Gasteiger partial charge in [-0.3, -0.25) is 14.4 Å². The molecule has 1 saturated heterocycles. The summed E-state index contributed by atoms with van der Waals surface area (Å²) < 4.78 is 0.668. The summed E-state index contributed by atoms with van der Waals surface area (Å²) in [6.07, 6.45) is 4.91. The van der Waals surface area contributed by atoms with E-state index in [1.54, 1.807) is 41.1 Å². The molecule has 8 heteroatoms. The first-order chi connectivity index (χ1) is 15.4. The van der Waals surface area contributed by atoms with Gasteiger partial charge in [0.2, 0.25) is 17.4 Å². The smallest absolute Gasteiger partial charge is 0.247 e. The van der Waals surface area contributed by atoms with Crippen LogP contribution < -0.4 is 5.56 Å². The molecular weight excluding hydrogens is 446 g/mol. The lowest BCUT2D eigenvalue weighted by Gasteiger charge is -2.38. The Balaban J connectivity index is 1.37. The van der Waals surface area contributed by atoms with Crippen molar-refractivity contribution in [2.45, 2.75) is 19.5 Å². The van der Waals surface area contributed by atoms with E-state index < -0.39 is 6.04 Å². The molecule has 1 N–H and O–H groups in total. The molecule has 0 radical (unpaired) electrons. The number of nitrogens with one attached hydrogen (secondary N) is 1. The zero-order chi connectivity index (χ0) is 22.7. The molecule has 1 fully saturated rings. The first-order valence-electron chi connectivity index (χ1n) is 10.2. The first-order valence-corrected chi connectivity index (χ1v) is 11.4. The van der Waals surface area contributed by atoms with Crippen LogP contribution in [0.15, 0.2) is 65.6 Å². The summed E-state index contributed by atoms with van der Waals surface area (Å²) in [5.74, 6) is -0.248. The van der Waals surface area contributed by atoms with Crippen molar-refractivity contribution in [1.29, 1.82) is 0 Å². The van der Waals surface area contributed by atoms with Crippen LogP contribution in [0.3, 0.4) is 0 Å². The molecule has 1 aliphatic rings. The highest BCUT2D eigenvalue weighted by Crippen LogP contribution is 2.23. The highest BCUT2D eigenvalue weighted by molar-refractivity contribution is 7.17. The van der Waals surface area contributed by atoms with Crippen molar-refractivity contribution in [3.05, 3.63) is 85.9 Å². The number of piperazine rings is 1. The van der Waals surface area contributed by atoms with Crippen LogP contribution in [0.5, 0.6) is 0 Å². The van der Waals surface area contributed by atoms with Crippen molar-refractivity contribution < 1.29 is 9.59 Å². The third-order valence-corrected chi connectivity index (χ3v) is 6.66.